The zero-order valence-corrected chi connectivity index (χ0v) is 14.2. The largest absolute Gasteiger partial charge is 0.314 e. The Labute approximate surface area is 134 Å². The molecule has 0 aliphatic carbocycles. The number of rotatable bonds is 2. The van der Waals surface area contributed by atoms with Crippen LogP contribution in [-0.2, 0) is 10.0 Å². The minimum Gasteiger partial charge on any atom is -0.314 e. The Balaban J connectivity index is 0.00000147. The van der Waals surface area contributed by atoms with Crippen LogP contribution in [0.5, 0.6) is 0 Å². The van der Waals surface area contributed by atoms with Crippen LogP contribution in [0.4, 0.5) is 0 Å². The molecular weight excluding hydrogens is 364 g/mol. The minimum atomic E-state index is -3.35. The number of sulfonamides is 1. The van der Waals surface area contributed by atoms with Gasteiger partial charge in [0, 0.05) is 23.6 Å². The van der Waals surface area contributed by atoms with Crippen LogP contribution in [0.2, 0.25) is 0 Å². The van der Waals surface area contributed by atoms with Crippen molar-refractivity contribution in [3.8, 4) is 0 Å². The lowest BCUT2D eigenvalue weighted by Gasteiger charge is -2.34. The normalized spacial score (nSPS) is 26.9. The third kappa shape index (κ3) is 3.04. The molecular formula is C13H18BrClN2O2S. The monoisotopic (exact) mass is 380 g/mol. The molecule has 2 heterocycles. The molecule has 2 saturated heterocycles. The van der Waals surface area contributed by atoms with Crippen molar-refractivity contribution in [2.45, 2.75) is 23.8 Å². The van der Waals surface area contributed by atoms with Gasteiger partial charge in [-0.3, -0.25) is 0 Å². The molecule has 2 unspecified atom stereocenters. The zero-order chi connectivity index (χ0) is 13.5. The van der Waals surface area contributed by atoms with Crippen LogP contribution in [0.15, 0.2) is 33.6 Å². The summed E-state index contributed by atoms with van der Waals surface area (Å²) in [5, 5.41) is 3.45. The molecule has 0 amide bonds. The third-order valence-corrected chi connectivity index (χ3v) is 6.41. The molecule has 1 N–H and O–H groups in total. The van der Waals surface area contributed by atoms with E-state index in [-0.39, 0.29) is 12.4 Å². The van der Waals surface area contributed by atoms with E-state index in [0.29, 0.717) is 29.9 Å². The van der Waals surface area contributed by atoms with Gasteiger partial charge in [0.1, 0.15) is 0 Å². The van der Waals surface area contributed by atoms with E-state index in [1.807, 2.05) is 6.07 Å². The maximum Gasteiger partial charge on any atom is 0.243 e. The molecule has 0 radical (unpaired) electrons. The first-order valence-corrected chi connectivity index (χ1v) is 8.80. The number of nitrogens with one attached hydrogen (secondary N) is 1. The summed E-state index contributed by atoms with van der Waals surface area (Å²) < 4.78 is 27.7. The molecule has 2 aliphatic heterocycles. The molecule has 0 spiro atoms. The number of benzene rings is 1. The lowest BCUT2D eigenvalue weighted by Crippen LogP contribution is -2.46. The highest BCUT2D eigenvalue weighted by Gasteiger charge is 2.37. The molecule has 20 heavy (non-hydrogen) atoms. The van der Waals surface area contributed by atoms with E-state index in [9.17, 15) is 8.42 Å². The zero-order valence-electron chi connectivity index (χ0n) is 11.0. The van der Waals surface area contributed by atoms with Gasteiger partial charge < -0.3 is 5.32 Å². The molecule has 112 valence electrons. The van der Waals surface area contributed by atoms with Gasteiger partial charge in [-0.05, 0) is 43.5 Å². The van der Waals surface area contributed by atoms with Crippen LogP contribution in [0, 0.1) is 5.92 Å². The Morgan fingerprint density at radius 3 is 2.85 bits per heavy atom. The van der Waals surface area contributed by atoms with E-state index in [1.165, 1.54) is 0 Å². The summed E-state index contributed by atoms with van der Waals surface area (Å²) >= 11 is 3.33. The Morgan fingerprint density at radius 1 is 1.30 bits per heavy atom. The SMILES string of the molecule is Cl.O=S(=O)(c1cccc(Br)c1)N1CCC2NCCC2C1. The van der Waals surface area contributed by atoms with Gasteiger partial charge in [0.15, 0.2) is 0 Å². The van der Waals surface area contributed by atoms with Gasteiger partial charge in [-0.1, -0.05) is 22.0 Å². The summed E-state index contributed by atoms with van der Waals surface area (Å²) in [5.74, 6) is 0.468. The van der Waals surface area contributed by atoms with Crippen molar-refractivity contribution in [3.05, 3.63) is 28.7 Å². The van der Waals surface area contributed by atoms with E-state index in [2.05, 4.69) is 21.2 Å². The number of piperidine rings is 1. The highest BCUT2D eigenvalue weighted by molar-refractivity contribution is 9.10. The highest BCUT2D eigenvalue weighted by atomic mass is 79.9. The molecule has 2 atom stereocenters. The van der Waals surface area contributed by atoms with Crippen molar-refractivity contribution < 1.29 is 8.42 Å². The molecule has 3 rings (SSSR count). The molecule has 0 saturated carbocycles. The minimum absolute atomic E-state index is 0. The number of hydrogen-bond acceptors (Lipinski definition) is 3. The second kappa shape index (κ2) is 6.32. The first kappa shape index (κ1) is 16.2. The maximum absolute atomic E-state index is 12.6. The quantitative estimate of drug-likeness (QED) is 0.855. The average Bonchev–Trinajstić information content (AvgIpc) is 2.85. The summed E-state index contributed by atoms with van der Waals surface area (Å²) in [5.41, 5.74) is 0. The Hall–Kier alpha value is -0.140. The van der Waals surface area contributed by atoms with Gasteiger partial charge >= 0.3 is 0 Å². The van der Waals surface area contributed by atoms with Crippen LogP contribution in [0.3, 0.4) is 0 Å². The van der Waals surface area contributed by atoms with Crippen molar-refractivity contribution in [1.29, 1.82) is 0 Å². The lowest BCUT2D eigenvalue weighted by atomic mass is 9.95. The van der Waals surface area contributed by atoms with Crippen LogP contribution in [0.1, 0.15) is 12.8 Å². The third-order valence-electron chi connectivity index (χ3n) is 4.05. The standard InChI is InChI=1S/C13H17BrN2O2S.ClH/c14-11-2-1-3-12(8-11)19(17,18)16-7-5-13-10(9-16)4-6-15-13;/h1-3,8,10,13,15H,4-7,9H2;1H. The van der Waals surface area contributed by atoms with E-state index in [4.69, 9.17) is 0 Å². The fourth-order valence-corrected chi connectivity index (χ4v) is 5.12. The van der Waals surface area contributed by atoms with Crippen molar-refractivity contribution >= 4 is 38.4 Å². The highest BCUT2D eigenvalue weighted by Crippen LogP contribution is 2.29. The molecule has 0 bridgehead atoms. The smallest absolute Gasteiger partial charge is 0.243 e. The second-order valence-electron chi connectivity index (χ2n) is 5.22. The van der Waals surface area contributed by atoms with E-state index in [1.54, 1.807) is 22.5 Å². The molecule has 4 nitrogen and oxygen atoms in total. The summed E-state index contributed by atoms with van der Waals surface area (Å²) in [7, 11) is -3.35. The summed E-state index contributed by atoms with van der Waals surface area (Å²) in [6, 6.07) is 7.45. The van der Waals surface area contributed by atoms with Crippen LogP contribution in [0.25, 0.3) is 0 Å². The van der Waals surface area contributed by atoms with Crippen LogP contribution in [-0.4, -0.2) is 38.4 Å². The van der Waals surface area contributed by atoms with Gasteiger partial charge in [0.05, 0.1) is 4.90 Å². The van der Waals surface area contributed by atoms with Gasteiger partial charge in [0.25, 0.3) is 0 Å². The number of halogens is 2. The van der Waals surface area contributed by atoms with E-state index < -0.39 is 10.0 Å². The maximum atomic E-state index is 12.6. The van der Waals surface area contributed by atoms with Crippen LogP contribution < -0.4 is 5.32 Å². The molecule has 2 aliphatic rings. The van der Waals surface area contributed by atoms with Crippen molar-refractivity contribution in [1.82, 2.24) is 9.62 Å². The average molecular weight is 382 g/mol. The van der Waals surface area contributed by atoms with Crippen molar-refractivity contribution in [2.24, 2.45) is 5.92 Å². The number of hydrogen-bond donors (Lipinski definition) is 1. The molecule has 2 fully saturated rings. The number of fused-ring (bicyclic) bond motifs is 1. The molecule has 0 aromatic heterocycles. The molecule has 7 heteroatoms. The second-order valence-corrected chi connectivity index (χ2v) is 8.07. The first-order valence-electron chi connectivity index (χ1n) is 6.56. The molecule has 1 aromatic carbocycles. The van der Waals surface area contributed by atoms with Gasteiger partial charge in [-0.2, -0.15) is 4.31 Å². The van der Waals surface area contributed by atoms with E-state index in [0.717, 1.165) is 23.9 Å². The lowest BCUT2D eigenvalue weighted by molar-refractivity contribution is 0.247. The van der Waals surface area contributed by atoms with Crippen molar-refractivity contribution in [2.75, 3.05) is 19.6 Å². The topological polar surface area (TPSA) is 49.4 Å². The summed E-state index contributed by atoms with van der Waals surface area (Å²) in [6.45, 7) is 2.27. The van der Waals surface area contributed by atoms with Gasteiger partial charge in [-0.25, -0.2) is 8.42 Å². The Kier molecular flexibility index (Phi) is 5.13. The fraction of sp³-hybridized carbons (Fsp3) is 0.538. The van der Waals surface area contributed by atoms with Crippen molar-refractivity contribution in [3.63, 3.8) is 0 Å². The summed E-state index contributed by atoms with van der Waals surface area (Å²) in [6.07, 6.45) is 1.99. The predicted octanol–water partition coefficient (Wildman–Crippen LogP) is 2.24. The Morgan fingerprint density at radius 2 is 2.10 bits per heavy atom. The Bertz CT molecular complexity index is 581. The fourth-order valence-electron chi connectivity index (χ4n) is 3.01. The molecule has 1 aromatic rings. The van der Waals surface area contributed by atoms with Crippen LogP contribution >= 0.6 is 28.3 Å². The van der Waals surface area contributed by atoms with Gasteiger partial charge in [0.2, 0.25) is 10.0 Å². The number of nitrogens with zero attached hydrogens (tertiary/aromatic N) is 1. The van der Waals surface area contributed by atoms with Gasteiger partial charge in [-0.15, -0.1) is 12.4 Å². The first-order chi connectivity index (χ1) is 9.07. The summed E-state index contributed by atoms with van der Waals surface area (Å²) in [4.78, 5) is 0.381. The predicted molar refractivity (Wildman–Crippen MR) is 84.7 cm³/mol. The van der Waals surface area contributed by atoms with E-state index >= 15 is 0 Å².